The van der Waals surface area contributed by atoms with E-state index < -0.39 is 31.6 Å². The number of piperidine rings is 1. The number of aryl methyl sites for hydroxylation is 1. The Kier molecular flexibility index (Phi) is 4.21. The second-order valence-electron chi connectivity index (χ2n) is 8.46. The number of aromatic nitrogens is 5. The van der Waals surface area contributed by atoms with E-state index in [4.69, 9.17) is 24.6 Å². The second kappa shape index (κ2) is 8.78. The van der Waals surface area contributed by atoms with Gasteiger partial charge < -0.3 is 15.0 Å². The fourth-order valence-electron chi connectivity index (χ4n) is 4.71. The normalized spacial score (nSPS) is 25.6. The largest absolute Gasteiger partial charge is 0.424 e. The topological polar surface area (TPSA) is 81.0 Å². The summed E-state index contributed by atoms with van der Waals surface area (Å²) in [6.07, 6.45) is 3.47. The Balaban J connectivity index is 1.44. The van der Waals surface area contributed by atoms with Crippen molar-refractivity contribution in [1.29, 1.82) is 0 Å². The van der Waals surface area contributed by atoms with Crippen LogP contribution in [0.3, 0.4) is 0 Å². The molecule has 1 N–H and O–H groups in total. The Hall–Kier alpha value is -2.94. The average Bonchev–Trinajstić information content (AvgIpc) is 3.25. The van der Waals surface area contributed by atoms with Crippen molar-refractivity contribution in [3.05, 3.63) is 47.1 Å². The van der Waals surface area contributed by atoms with Gasteiger partial charge in [0, 0.05) is 50.2 Å². The number of hydrogen-bond acceptors (Lipinski definition) is 7. The molecule has 2 bridgehead atoms. The van der Waals surface area contributed by atoms with Gasteiger partial charge in [0.25, 0.3) is 0 Å². The summed E-state index contributed by atoms with van der Waals surface area (Å²) < 4.78 is 67.7. The second-order valence-corrected chi connectivity index (χ2v) is 8.90. The van der Waals surface area contributed by atoms with E-state index in [2.05, 4.69) is 30.3 Å². The lowest BCUT2D eigenvalue weighted by molar-refractivity contribution is 0.373. The molecule has 1 aliphatic carbocycles. The van der Waals surface area contributed by atoms with Crippen LogP contribution in [0.1, 0.15) is 46.5 Å². The number of ether oxygens (including phenoxy) is 1. The Labute approximate surface area is 205 Å². The number of rotatable bonds is 6. The van der Waals surface area contributed by atoms with E-state index in [9.17, 15) is 4.39 Å². The first kappa shape index (κ1) is 15.8. The van der Waals surface area contributed by atoms with Crippen LogP contribution < -0.4 is 15.0 Å². The van der Waals surface area contributed by atoms with Crippen LogP contribution in [0.2, 0.25) is 5.02 Å². The molecule has 2 aliphatic rings. The Morgan fingerprint density at radius 1 is 1.18 bits per heavy atom. The molecule has 2 aromatic heterocycles. The van der Waals surface area contributed by atoms with Gasteiger partial charge in [-0.1, -0.05) is 11.6 Å². The molecular weight excluding hydrogens is 445 g/mol. The highest BCUT2D eigenvalue weighted by molar-refractivity contribution is 6.30. The molecule has 1 aromatic carbocycles. The van der Waals surface area contributed by atoms with E-state index in [1.807, 2.05) is 13.0 Å². The van der Waals surface area contributed by atoms with Crippen molar-refractivity contribution in [2.75, 3.05) is 23.3 Å². The van der Waals surface area contributed by atoms with Crippen LogP contribution in [0.25, 0.3) is 0 Å². The first-order valence-electron chi connectivity index (χ1n) is 13.7. The molecule has 1 saturated heterocycles. The van der Waals surface area contributed by atoms with Crippen molar-refractivity contribution in [2.24, 2.45) is 11.8 Å². The number of benzene rings is 1. The molecule has 10 heteroatoms. The molecule has 3 aromatic rings. The molecule has 33 heavy (non-hydrogen) atoms. The van der Waals surface area contributed by atoms with Crippen LogP contribution in [0.5, 0.6) is 11.8 Å². The van der Waals surface area contributed by atoms with E-state index in [1.54, 1.807) is 6.33 Å². The highest BCUT2D eigenvalue weighted by Crippen LogP contribution is 2.40. The molecule has 3 heterocycles. The van der Waals surface area contributed by atoms with Crippen LogP contribution in [0, 0.1) is 24.6 Å². The van der Waals surface area contributed by atoms with E-state index in [-0.39, 0.29) is 34.6 Å². The summed E-state index contributed by atoms with van der Waals surface area (Å²) in [6, 6.07) is 2.87. The average molecular weight is 478 g/mol. The molecule has 0 amide bonds. The van der Waals surface area contributed by atoms with Crippen LogP contribution >= 0.6 is 11.6 Å². The van der Waals surface area contributed by atoms with Gasteiger partial charge in [0.05, 0.1) is 6.04 Å². The molecule has 5 rings (SSSR count). The van der Waals surface area contributed by atoms with Crippen molar-refractivity contribution in [3.63, 3.8) is 0 Å². The molecule has 2 fully saturated rings. The summed E-state index contributed by atoms with van der Waals surface area (Å²) in [5.74, 6) is 0.565. The number of anilines is 2. The number of halogens is 2. The quantitative estimate of drug-likeness (QED) is 0.542. The lowest BCUT2D eigenvalue weighted by Crippen LogP contribution is -2.48. The number of nitrogens with one attached hydrogen (secondary N) is 1. The molecule has 1 saturated carbocycles. The Bertz CT molecular complexity index is 1300. The fraction of sp³-hybridized carbons (Fsp3) is 0.478. The minimum atomic E-state index is -2.96. The zero-order valence-corrected chi connectivity index (χ0v) is 18.6. The monoisotopic (exact) mass is 477 g/mol. The van der Waals surface area contributed by atoms with E-state index in [0.717, 1.165) is 54.3 Å². The van der Waals surface area contributed by atoms with E-state index in [0.29, 0.717) is 0 Å². The molecule has 0 radical (unpaired) electrons. The molecule has 0 unspecified atom stereocenters. The zero-order chi connectivity index (χ0) is 28.1. The minimum absolute atomic E-state index is 0.0271. The van der Waals surface area contributed by atoms with Gasteiger partial charge in [0.15, 0.2) is 0 Å². The third-order valence-corrected chi connectivity index (χ3v) is 6.35. The van der Waals surface area contributed by atoms with Crippen LogP contribution in [0.15, 0.2) is 30.6 Å². The van der Waals surface area contributed by atoms with E-state index >= 15 is 0 Å². The summed E-state index contributed by atoms with van der Waals surface area (Å²) in [5, 5.41) is 7.60. The molecule has 1 aliphatic heterocycles. The van der Waals surface area contributed by atoms with Gasteiger partial charge >= 0.3 is 6.01 Å². The smallest absolute Gasteiger partial charge is 0.322 e. The SMILES string of the molecule is [2H]C([2H])([2H])C(n1nc(N[C@@H]2[C@@H]3CC[C@H]2CN(c2cc(C)ncn2)C3)nc1Oc1cc(F)cc(Cl)c1)C([2H])([2H])[2H]. The maximum absolute atomic E-state index is 13.9. The van der Waals surface area contributed by atoms with Gasteiger partial charge in [-0.2, -0.15) is 4.98 Å². The third-order valence-electron chi connectivity index (χ3n) is 6.13. The Morgan fingerprint density at radius 3 is 2.67 bits per heavy atom. The number of hydrogen-bond donors (Lipinski definition) is 1. The van der Waals surface area contributed by atoms with Crippen LogP contribution in [-0.2, 0) is 0 Å². The lowest BCUT2D eigenvalue weighted by Gasteiger charge is -2.38. The van der Waals surface area contributed by atoms with Crippen molar-refractivity contribution >= 4 is 23.4 Å². The molecule has 3 atom stereocenters. The number of fused-ring (bicyclic) bond motifs is 2. The van der Waals surface area contributed by atoms with Gasteiger partial charge in [0.2, 0.25) is 5.95 Å². The van der Waals surface area contributed by atoms with Crippen molar-refractivity contribution in [1.82, 2.24) is 24.7 Å². The van der Waals surface area contributed by atoms with Crippen molar-refractivity contribution in [3.8, 4) is 11.8 Å². The summed E-state index contributed by atoms with van der Waals surface area (Å²) >= 11 is 5.93. The summed E-state index contributed by atoms with van der Waals surface area (Å²) in [6.45, 7) is -2.53. The van der Waals surface area contributed by atoms with Gasteiger partial charge in [0.1, 0.15) is 23.7 Å². The first-order chi connectivity index (χ1) is 18.3. The summed E-state index contributed by atoms with van der Waals surface area (Å²) in [5.41, 5.74) is 0.882. The van der Waals surface area contributed by atoms with Crippen LogP contribution in [0.4, 0.5) is 16.2 Å². The van der Waals surface area contributed by atoms with Crippen molar-refractivity contribution < 1.29 is 17.4 Å². The maximum atomic E-state index is 13.9. The van der Waals surface area contributed by atoms with Crippen molar-refractivity contribution in [2.45, 2.75) is 45.6 Å². The molecular formula is C23H27ClFN7O. The highest BCUT2D eigenvalue weighted by atomic mass is 35.5. The molecule has 8 nitrogen and oxygen atoms in total. The third kappa shape index (κ3) is 4.59. The Morgan fingerprint density at radius 2 is 1.97 bits per heavy atom. The van der Waals surface area contributed by atoms with Gasteiger partial charge in [-0.15, -0.1) is 5.10 Å². The maximum Gasteiger partial charge on any atom is 0.322 e. The highest BCUT2D eigenvalue weighted by Gasteiger charge is 2.43. The minimum Gasteiger partial charge on any atom is -0.424 e. The molecule has 174 valence electrons. The van der Waals surface area contributed by atoms with Crippen LogP contribution in [-0.4, -0.2) is 43.9 Å². The standard InChI is InChI=1S/C23H27ClFN7O/c1-13(2)32-23(33-19-8-17(24)7-18(25)9-19)29-22(30-32)28-21-15-4-5-16(21)11-31(10-15)20-6-14(3)26-12-27-20/h6-9,12-13,15-16,21H,4-5,10-11H2,1-3H3,(H,28,30)/t15-,16+,21-/i1D3,2D3. The fourth-order valence-corrected chi connectivity index (χ4v) is 4.92. The predicted octanol–water partition coefficient (Wildman–Crippen LogP) is 4.87. The summed E-state index contributed by atoms with van der Waals surface area (Å²) in [4.78, 5) is 15.1. The zero-order valence-electron chi connectivity index (χ0n) is 23.9. The predicted molar refractivity (Wildman–Crippen MR) is 124 cm³/mol. The van der Waals surface area contributed by atoms with Gasteiger partial charge in [-0.3, -0.25) is 0 Å². The van der Waals surface area contributed by atoms with E-state index in [1.165, 1.54) is 6.07 Å². The van der Waals surface area contributed by atoms with Gasteiger partial charge in [-0.05, 0) is 57.4 Å². The first-order valence-corrected chi connectivity index (χ1v) is 11.1. The lowest BCUT2D eigenvalue weighted by atomic mass is 9.92. The van der Waals surface area contributed by atoms with Gasteiger partial charge in [-0.25, -0.2) is 19.0 Å². The number of nitrogens with zero attached hydrogens (tertiary/aromatic N) is 6. The summed E-state index contributed by atoms with van der Waals surface area (Å²) in [7, 11) is 0. The molecule has 0 spiro atoms.